The smallest absolute Gasteiger partial charge is 0.261 e. The van der Waals surface area contributed by atoms with Crippen LogP contribution in [-0.2, 0) is 13.0 Å². The Balaban J connectivity index is 1.92. The molecule has 2 aromatic rings. The van der Waals surface area contributed by atoms with Crippen molar-refractivity contribution >= 4 is 17.2 Å². The summed E-state index contributed by atoms with van der Waals surface area (Å²) in [6, 6.07) is 10.1. The van der Waals surface area contributed by atoms with Crippen LogP contribution >= 0.6 is 11.3 Å². The van der Waals surface area contributed by atoms with E-state index < -0.39 is 0 Å². The quantitative estimate of drug-likeness (QED) is 0.889. The Morgan fingerprint density at radius 2 is 1.85 bits per heavy atom. The van der Waals surface area contributed by atoms with Gasteiger partial charge in [-0.3, -0.25) is 4.79 Å². The van der Waals surface area contributed by atoms with E-state index in [0.717, 1.165) is 16.9 Å². The maximum Gasteiger partial charge on any atom is 0.261 e. The SMILES string of the molecule is Cc1cc(C(=O)NCc2ccc(CCN)cc2)sc1C. The molecule has 0 aliphatic rings. The largest absolute Gasteiger partial charge is 0.347 e. The molecule has 0 atom stereocenters. The maximum atomic E-state index is 12.0. The fourth-order valence-corrected chi connectivity index (χ4v) is 2.90. The van der Waals surface area contributed by atoms with Crippen molar-refractivity contribution < 1.29 is 4.79 Å². The molecule has 0 saturated heterocycles. The highest BCUT2D eigenvalue weighted by molar-refractivity contribution is 7.14. The van der Waals surface area contributed by atoms with Crippen LogP contribution < -0.4 is 11.1 Å². The number of thiophene rings is 1. The number of amides is 1. The lowest BCUT2D eigenvalue weighted by atomic mass is 10.1. The van der Waals surface area contributed by atoms with Crippen LogP contribution in [0.25, 0.3) is 0 Å². The first-order valence-corrected chi connectivity index (χ1v) is 7.55. The maximum absolute atomic E-state index is 12.0. The van der Waals surface area contributed by atoms with Gasteiger partial charge in [-0.05, 0) is 49.6 Å². The van der Waals surface area contributed by atoms with Gasteiger partial charge in [0.15, 0.2) is 0 Å². The van der Waals surface area contributed by atoms with Crippen LogP contribution in [0.4, 0.5) is 0 Å². The highest BCUT2D eigenvalue weighted by Gasteiger charge is 2.09. The van der Waals surface area contributed by atoms with Gasteiger partial charge < -0.3 is 11.1 Å². The lowest BCUT2D eigenvalue weighted by molar-refractivity contribution is 0.0955. The van der Waals surface area contributed by atoms with Crippen molar-refractivity contribution in [1.29, 1.82) is 0 Å². The predicted octanol–water partition coefficient (Wildman–Crippen LogP) is 2.80. The molecule has 106 valence electrons. The van der Waals surface area contributed by atoms with Crippen LogP contribution in [-0.4, -0.2) is 12.5 Å². The Hall–Kier alpha value is -1.65. The van der Waals surface area contributed by atoms with Crippen molar-refractivity contribution in [3.05, 3.63) is 56.8 Å². The summed E-state index contributed by atoms with van der Waals surface area (Å²) in [5, 5.41) is 2.95. The topological polar surface area (TPSA) is 55.1 Å². The molecule has 1 amide bonds. The molecule has 0 fully saturated rings. The molecule has 3 N–H and O–H groups in total. The van der Waals surface area contributed by atoms with Crippen LogP contribution in [0.2, 0.25) is 0 Å². The number of rotatable bonds is 5. The van der Waals surface area contributed by atoms with Gasteiger partial charge >= 0.3 is 0 Å². The van der Waals surface area contributed by atoms with Gasteiger partial charge in [0, 0.05) is 11.4 Å². The molecule has 3 nitrogen and oxygen atoms in total. The molecule has 2 rings (SSSR count). The Labute approximate surface area is 123 Å². The van der Waals surface area contributed by atoms with E-state index in [1.807, 2.05) is 32.0 Å². The van der Waals surface area contributed by atoms with E-state index >= 15 is 0 Å². The number of aryl methyl sites for hydroxylation is 2. The van der Waals surface area contributed by atoms with Gasteiger partial charge in [-0.1, -0.05) is 24.3 Å². The lowest BCUT2D eigenvalue weighted by Gasteiger charge is -2.05. The second-order valence-corrected chi connectivity index (χ2v) is 6.14. The Bertz CT molecular complexity index is 568. The normalized spacial score (nSPS) is 10.6. The molecule has 20 heavy (non-hydrogen) atoms. The predicted molar refractivity (Wildman–Crippen MR) is 84.2 cm³/mol. The molecular formula is C16H20N2OS. The van der Waals surface area contributed by atoms with Crippen molar-refractivity contribution in [2.45, 2.75) is 26.8 Å². The molecule has 0 unspecified atom stereocenters. The van der Waals surface area contributed by atoms with Gasteiger partial charge in [0.1, 0.15) is 0 Å². The molecule has 1 heterocycles. The molecule has 0 radical (unpaired) electrons. The fraction of sp³-hybridized carbons (Fsp3) is 0.312. The molecule has 0 bridgehead atoms. The highest BCUT2D eigenvalue weighted by atomic mass is 32.1. The average molecular weight is 288 g/mol. The number of nitrogens with two attached hydrogens (primary N) is 1. The zero-order chi connectivity index (χ0) is 14.5. The van der Waals surface area contributed by atoms with Crippen LogP contribution in [0.3, 0.4) is 0 Å². The number of hydrogen-bond acceptors (Lipinski definition) is 3. The minimum Gasteiger partial charge on any atom is -0.347 e. The third-order valence-electron chi connectivity index (χ3n) is 3.30. The minimum absolute atomic E-state index is 0.00256. The highest BCUT2D eigenvalue weighted by Crippen LogP contribution is 2.20. The monoisotopic (exact) mass is 288 g/mol. The molecule has 1 aromatic heterocycles. The second-order valence-electron chi connectivity index (χ2n) is 4.89. The molecule has 1 aromatic carbocycles. The van der Waals surface area contributed by atoms with E-state index in [9.17, 15) is 4.79 Å². The molecule has 0 aliphatic carbocycles. The number of nitrogens with one attached hydrogen (secondary N) is 1. The van der Waals surface area contributed by atoms with Gasteiger partial charge in [0.2, 0.25) is 0 Å². The van der Waals surface area contributed by atoms with Crippen molar-refractivity contribution in [2.24, 2.45) is 5.73 Å². The second kappa shape index (κ2) is 6.68. The van der Waals surface area contributed by atoms with E-state index in [1.165, 1.54) is 16.0 Å². The van der Waals surface area contributed by atoms with Gasteiger partial charge in [0.25, 0.3) is 5.91 Å². The van der Waals surface area contributed by atoms with Gasteiger partial charge in [-0.25, -0.2) is 0 Å². The third-order valence-corrected chi connectivity index (χ3v) is 4.45. The van der Waals surface area contributed by atoms with Crippen LogP contribution in [0.5, 0.6) is 0 Å². The van der Waals surface area contributed by atoms with E-state index in [1.54, 1.807) is 11.3 Å². The number of carbonyl (C=O) groups is 1. The summed E-state index contributed by atoms with van der Waals surface area (Å²) < 4.78 is 0. The average Bonchev–Trinajstić information content (AvgIpc) is 2.78. The first-order chi connectivity index (χ1) is 9.60. The van der Waals surface area contributed by atoms with Crippen molar-refractivity contribution in [1.82, 2.24) is 5.32 Å². The molecule has 0 aliphatic heterocycles. The first-order valence-electron chi connectivity index (χ1n) is 6.73. The minimum atomic E-state index is -0.00256. The van der Waals surface area contributed by atoms with Crippen molar-refractivity contribution in [2.75, 3.05) is 6.54 Å². The summed E-state index contributed by atoms with van der Waals surface area (Å²) in [5.74, 6) is -0.00256. The zero-order valence-corrected chi connectivity index (χ0v) is 12.7. The van der Waals surface area contributed by atoms with Gasteiger partial charge in [-0.2, -0.15) is 0 Å². The third kappa shape index (κ3) is 3.68. The van der Waals surface area contributed by atoms with E-state index in [0.29, 0.717) is 13.1 Å². The standard InChI is InChI=1S/C16H20N2OS/c1-11-9-15(20-12(11)2)16(19)18-10-14-5-3-13(4-6-14)7-8-17/h3-6,9H,7-8,10,17H2,1-2H3,(H,18,19). The Morgan fingerprint density at radius 1 is 1.20 bits per heavy atom. The molecule has 0 spiro atoms. The summed E-state index contributed by atoms with van der Waals surface area (Å²) >= 11 is 1.54. The Morgan fingerprint density at radius 3 is 2.40 bits per heavy atom. The van der Waals surface area contributed by atoms with Crippen molar-refractivity contribution in [3.63, 3.8) is 0 Å². The lowest BCUT2D eigenvalue weighted by Crippen LogP contribution is -2.21. The number of carbonyl (C=O) groups excluding carboxylic acids is 1. The zero-order valence-electron chi connectivity index (χ0n) is 11.9. The van der Waals surface area contributed by atoms with E-state index in [2.05, 4.69) is 17.4 Å². The summed E-state index contributed by atoms with van der Waals surface area (Å²) in [6.45, 7) is 5.27. The number of benzene rings is 1. The molecule has 4 heteroatoms. The summed E-state index contributed by atoms with van der Waals surface area (Å²) in [6.07, 6.45) is 0.889. The van der Waals surface area contributed by atoms with Gasteiger partial charge in [-0.15, -0.1) is 11.3 Å². The number of hydrogen-bond donors (Lipinski definition) is 2. The first kappa shape index (κ1) is 14.8. The summed E-state index contributed by atoms with van der Waals surface area (Å²) in [7, 11) is 0. The van der Waals surface area contributed by atoms with E-state index in [-0.39, 0.29) is 5.91 Å². The van der Waals surface area contributed by atoms with E-state index in [4.69, 9.17) is 5.73 Å². The van der Waals surface area contributed by atoms with Crippen LogP contribution in [0.1, 0.15) is 31.2 Å². The molecular weight excluding hydrogens is 268 g/mol. The summed E-state index contributed by atoms with van der Waals surface area (Å²) in [5.41, 5.74) is 9.02. The fourth-order valence-electron chi connectivity index (χ4n) is 1.94. The van der Waals surface area contributed by atoms with Crippen LogP contribution in [0, 0.1) is 13.8 Å². The summed E-state index contributed by atoms with van der Waals surface area (Å²) in [4.78, 5) is 14.0. The van der Waals surface area contributed by atoms with Gasteiger partial charge in [0.05, 0.1) is 4.88 Å². The Kier molecular flexibility index (Phi) is 4.93. The molecule has 0 saturated carbocycles. The van der Waals surface area contributed by atoms with Crippen LogP contribution in [0.15, 0.2) is 30.3 Å². The van der Waals surface area contributed by atoms with Crippen molar-refractivity contribution in [3.8, 4) is 0 Å².